The average Bonchev–Trinajstić information content (AvgIpc) is 2.98. The summed E-state index contributed by atoms with van der Waals surface area (Å²) in [5.74, 6) is -0.192. The van der Waals surface area contributed by atoms with Crippen LogP contribution >= 0.6 is 0 Å². The summed E-state index contributed by atoms with van der Waals surface area (Å²) in [5.41, 5.74) is 9.55. The Balaban J connectivity index is 1.92. The number of hydrogen-bond acceptors (Lipinski definition) is 5. The van der Waals surface area contributed by atoms with Gasteiger partial charge in [0.25, 0.3) is 0 Å². The molecule has 5 rings (SSSR count). The molecule has 3 aliphatic rings. The molecule has 2 aromatic rings. The summed E-state index contributed by atoms with van der Waals surface area (Å²) in [5, 5.41) is 10.3. The molecule has 0 saturated carbocycles. The third kappa shape index (κ3) is 2.26. The Hall–Kier alpha value is -3.85. The highest BCUT2D eigenvalue weighted by atomic mass is 16.2. The summed E-state index contributed by atoms with van der Waals surface area (Å²) >= 11 is 0. The van der Waals surface area contributed by atoms with Crippen LogP contribution in [0.2, 0.25) is 0 Å². The second-order valence-corrected chi connectivity index (χ2v) is 8.22. The number of rotatable bonds is 1. The molecule has 6 heteroatoms. The first kappa shape index (κ1) is 19.1. The van der Waals surface area contributed by atoms with E-state index in [9.17, 15) is 14.9 Å². The quantitative estimate of drug-likeness (QED) is 0.778. The molecule has 2 heterocycles. The first-order chi connectivity index (χ1) is 14.9. The van der Waals surface area contributed by atoms with Crippen molar-refractivity contribution in [2.45, 2.75) is 31.6 Å². The Morgan fingerprint density at radius 3 is 2.42 bits per heavy atom. The topological polar surface area (TPSA) is 90.4 Å². The number of nitrogens with zero attached hydrogens (tertiary/aromatic N) is 3. The smallest absolute Gasteiger partial charge is 0.247 e. The van der Waals surface area contributed by atoms with Gasteiger partial charge in [0.2, 0.25) is 5.91 Å². The van der Waals surface area contributed by atoms with Crippen LogP contribution in [-0.2, 0) is 15.0 Å². The van der Waals surface area contributed by atoms with E-state index in [2.05, 4.69) is 6.07 Å². The van der Waals surface area contributed by atoms with Crippen LogP contribution in [-0.4, -0.2) is 18.7 Å². The molecule has 0 saturated heterocycles. The van der Waals surface area contributed by atoms with Crippen LogP contribution < -0.4 is 15.5 Å². The second kappa shape index (κ2) is 6.58. The number of carbonyl (C=O) groups excluding carboxylic acids is 2. The average molecular weight is 410 g/mol. The highest BCUT2D eigenvalue weighted by molar-refractivity contribution is 6.20. The Labute approximate surface area is 180 Å². The zero-order chi connectivity index (χ0) is 21.9. The van der Waals surface area contributed by atoms with Crippen molar-refractivity contribution >= 4 is 23.1 Å². The van der Waals surface area contributed by atoms with E-state index in [0.717, 1.165) is 16.9 Å². The molecule has 0 radical (unpaired) electrons. The van der Waals surface area contributed by atoms with Crippen molar-refractivity contribution in [3.8, 4) is 6.07 Å². The Kier molecular flexibility index (Phi) is 4.06. The predicted molar refractivity (Wildman–Crippen MR) is 118 cm³/mol. The monoisotopic (exact) mass is 410 g/mol. The molecule has 0 aromatic heterocycles. The van der Waals surface area contributed by atoms with E-state index in [1.54, 1.807) is 7.05 Å². The molecule has 1 spiro atoms. The van der Waals surface area contributed by atoms with E-state index in [4.69, 9.17) is 5.73 Å². The summed E-state index contributed by atoms with van der Waals surface area (Å²) in [6.07, 6.45) is 1.63. The lowest BCUT2D eigenvalue weighted by Gasteiger charge is -2.44. The maximum Gasteiger partial charge on any atom is 0.247 e. The largest absolute Gasteiger partial charge is 0.384 e. The summed E-state index contributed by atoms with van der Waals surface area (Å²) < 4.78 is 0. The molecule has 2 aromatic carbocycles. The molecule has 1 atom stereocenters. The van der Waals surface area contributed by atoms with Crippen molar-refractivity contribution in [3.05, 3.63) is 82.3 Å². The van der Waals surface area contributed by atoms with E-state index in [1.165, 1.54) is 4.90 Å². The number of hydrogen-bond donors (Lipinski definition) is 1. The molecule has 0 unspecified atom stereocenters. The zero-order valence-electron chi connectivity index (χ0n) is 17.5. The maximum absolute atomic E-state index is 13.8. The van der Waals surface area contributed by atoms with Crippen molar-refractivity contribution in [2.75, 3.05) is 16.8 Å². The van der Waals surface area contributed by atoms with Gasteiger partial charge >= 0.3 is 0 Å². The first-order valence-corrected chi connectivity index (χ1v) is 10.3. The number of benzene rings is 2. The van der Waals surface area contributed by atoms with Gasteiger partial charge in [0.15, 0.2) is 5.78 Å². The number of ketones is 1. The Morgan fingerprint density at radius 2 is 1.71 bits per heavy atom. The van der Waals surface area contributed by atoms with Gasteiger partial charge in [-0.15, -0.1) is 0 Å². The summed E-state index contributed by atoms with van der Waals surface area (Å²) in [6, 6.07) is 17.3. The normalized spacial score (nSPS) is 22.7. The van der Waals surface area contributed by atoms with Crippen LogP contribution in [0, 0.1) is 18.3 Å². The number of aryl methyl sites for hydroxylation is 1. The van der Waals surface area contributed by atoms with Crippen LogP contribution in [0.3, 0.4) is 0 Å². The number of fused-ring (bicyclic) bond motifs is 3. The fraction of sp³-hybridized carbons (Fsp3) is 0.240. The number of amides is 1. The summed E-state index contributed by atoms with van der Waals surface area (Å²) in [7, 11) is 1.68. The van der Waals surface area contributed by atoms with Crippen LogP contribution in [0.25, 0.3) is 0 Å². The highest BCUT2D eigenvalue weighted by Gasteiger charge is 2.61. The second-order valence-electron chi connectivity index (χ2n) is 8.22. The zero-order valence-corrected chi connectivity index (χ0v) is 17.5. The third-order valence-electron chi connectivity index (χ3n) is 6.66. The van der Waals surface area contributed by atoms with Crippen molar-refractivity contribution in [1.29, 1.82) is 5.26 Å². The van der Waals surface area contributed by atoms with Crippen LogP contribution in [0.4, 0.5) is 11.4 Å². The lowest BCUT2D eigenvalue weighted by atomic mass is 9.63. The van der Waals surface area contributed by atoms with Crippen molar-refractivity contribution in [2.24, 2.45) is 5.73 Å². The predicted octanol–water partition coefficient (Wildman–Crippen LogP) is 3.43. The standard InChI is InChI=1S/C25H22N4O2/c1-15-8-3-5-10-18(15)29-20-12-7-13-21(30)22(20)25(17(14-26)23(29)27)16-9-4-6-11-19(16)28(2)24(25)31/h3-6,8-11H,7,12-13,27H2,1-2H3/t25-/m0/s1. The molecular formula is C25H22N4O2. The van der Waals surface area contributed by atoms with Gasteiger partial charge in [0, 0.05) is 36.0 Å². The molecule has 31 heavy (non-hydrogen) atoms. The molecule has 0 bridgehead atoms. The van der Waals surface area contributed by atoms with E-state index in [0.29, 0.717) is 36.1 Å². The minimum atomic E-state index is -1.49. The van der Waals surface area contributed by atoms with Crippen molar-refractivity contribution in [3.63, 3.8) is 0 Å². The van der Waals surface area contributed by atoms with Crippen LogP contribution in [0.1, 0.15) is 30.4 Å². The maximum atomic E-state index is 13.8. The third-order valence-corrected chi connectivity index (χ3v) is 6.66. The summed E-state index contributed by atoms with van der Waals surface area (Å²) in [4.78, 5) is 30.7. The Bertz CT molecular complexity index is 1270. The minimum Gasteiger partial charge on any atom is -0.384 e. The molecule has 1 amide bonds. The van der Waals surface area contributed by atoms with Gasteiger partial charge in [-0.3, -0.25) is 14.5 Å². The van der Waals surface area contributed by atoms with E-state index < -0.39 is 5.41 Å². The number of nitriles is 1. The van der Waals surface area contributed by atoms with Crippen LogP contribution in [0.15, 0.2) is 71.2 Å². The molecule has 0 fully saturated rings. The van der Waals surface area contributed by atoms with Crippen molar-refractivity contribution in [1.82, 2.24) is 0 Å². The van der Waals surface area contributed by atoms with Gasteiger partial charge in [0.05, 0.1) is 11.3 Å². The minimum absolute atomic E-state index is 0.0986. The number of Topliss-reactive ketones (excluding diaryl/α,β-unsaturated/α-hetero) is 1. The molecule has 6 nitrogen and oxygen atoms in total. The van der Waals surface area contributed by atoms with E-state index >= 15 is 0 Å². The van der Waals surface area contributed by atoms with Crippen LogP contribution in [0.5, 0.6) is 0 Å². The molecule has 2 aliphatic heterocycles. The number of carbonyl (C=O) groups is 2. The lowest BCUT2D eigenvalue weighted by Crippen LogP contribution is -2.52. The Morgan fingerprint density at radius 1 is 1.03 bits per heavy atom. The van der Waals surface area contributed by atoms with E-state index in [1.807, 2.05) is 60.4 Å². The van der Waals surface area contributed by atoms with Gasteiger partial charge < -0.3 is 10.6 Å². The van der Waals surface area contributed by atoms with Gasteiger partial charge in [-0.1, -0.05) is 36.4 Å². The van der Waals surface area contributed by atoms with Gasteiger partial charge in [0.1, 0.15) is 17.3 Å². The number of para-hydroxylation sites is 2. The number of likely N-dealkylation sites (N-methyl/N-ethyl adjacent to an activating group) is 1. The number of nitrogens with two attached hydrogens (primary N) is 1. The van der Waals surface area contributed by atoms with Gasteiger partial charge in [-0.2, -0.15) is 5.26 Å². The number of allylic oxidation sites excluding steroid dienone is 1. The SMILES string of the molecule is Cc1ccccc1N1C(N)=C(C#N)[C@]2(C(=O)N(C)c3ccccc32)C2=C1CCCC2=O. The van der Waals surface area contributed by atoms with Gasteiger partial charge in [-0.25, -0.2) is 0 Å². The van der Waals surface area contributed by atoms with Gasteiger partial charge in [-0.05, 0) is 37.5 Å². The fourth-order valence-corrected chi connectivity index (χ4v) is 5.32. The number of anilines is 2. The van der Waals surface area contributed by atoms with Crippen molar-refractivity contribution < 1.29 is 9.59 Å². The highest BCUT2D eigenvalue weighted by Crippen LogP contribution is 2.56. The first-order valence-electron chi connectivity index (χ1n) is 10.3. The van der Waals surface area contributed by atoms with E-state index in [-0.39, 0.29) is 23.1 Å². The molecular weight excluding hydrogens is 388 g/mol. The summed E-state index contributed by atoms with van der Waals surface area (Å²) in [6.45, 7) is 1.97. The molecule has 1 aliphatic carbocycles. The molecule has 154 valence electrons. The molecule has 2 N–H and O–H groups in total. The lowest BCUT2D eigenvalue weighted by molar-refractivity contribution is -0.124. The fourth-order valence-electron chi connectivity index (χ4n) is 5.32.